The van der Waals surface area contributed by atoms with Crippen LogP contribution >= 0.6 is 0 Å². The van der Waals surface area contributed by atoms with E-state index >= 15 is 0 Å². The Morgan fingerprint density at radius 3 is 3.08 bits per heavy atom. The van der Waals surface area contributed by atoms with Gasteiger partial charge in [-0.15, -0.1) is 0 Å². The van der Waals surface area contributed by atoms with E-state index in [2.05, 4.69) is 46.5 Å². The zero-order valence-electron chi connectivity index (χ0n) is 14.9. The average molecular weight is 352 g/mol. The van der Waals surface area contributed by atoms with Crippen LogP contribution in [-0.2, 0) is 16.0 Å². The van der Waals surface area contributed by atoms with Crippen LogP contribution in [0.3, 0.4) is 0 Å². The number of ether oxygens (including phenoxy) is 1. The zero-order valence-corrected chi connectivity index (χ0v) is 14.9. The van der Waals surface area contributed by atoms with E-state index in [1.165, 1.54) is 22.2 Å². The number of H-pyrrole nitrogens is 1. The number of hydrogen-bond acceptors (Lipinski definition) is 4. The van der Waals surface area contributed by atoms with Crippen molar-refractivity contribution in [2.24, 2.45) is 17.7 Å². The maximum Gasteiger partial charge on any atom is 0.264 e. The molecule has 1 aromatic heterocycles. The second-order valence-corrected chi connectivity index (χ2v) is 7.72. The van der Waals surface area contributed by atoms with Crippen molar-refractivity contribution in [3.05, 3.63) is 47.4 Å². The Bertz CT molecular complexity index is 902. The number of carbonyl (C=O) groups is 1. The molecule has 4 atom stereocenters. The fourth-order valence-corrected chi connectivity index (χ4v) is 5.17. The minimum absolute atomic E-state index is 0.111. The summed E-state index contributed by atoms with van der Waals surface area (Å²) in [5, 5.41) is 1.33. The number of fused-ring (bicyclic) bond motifs is 6. The number of nitrogens with two attached hydrogens (primary N) is 1. The predicted molar refractivity (Wildman–Crippen MR) is 98.9 cm³/mol. The highest BCUT2D eigenvalue weighted by Crippen LogP contribution is 2.47. The molecule has 1 fully saturated rings. The van der Waals surface area contributed by atoms with Gasteiger partial charge in [0.25, 0.3) is 5.91 Å². The highest BCUT2D eigenvalue weighted by atomic mass is 16.5. The van der Waals surface area contributed by atoms with Crippen LogP contribution in [0, 0.1) is 11.8 Å². The summed E-state index contributed by atoms with van der Waals surface area (Å²) in [6, 6.07) is 8.84. The van der Waals surface area contributed by atoms with Gasteiger partial charge >= 0.3 is 0 Å². The molecule has 0 radical (unpaired) electrons. The summed E-state index contributed by atoms with van der Waals surface area (Å²) in [4.78, 5) is 18.5. The molecule has 1 amide bonds. The number of piperidine rings is 1. The van der Waals surface area contributed by atoms with Crippen molar-refractivity contribution in [2.45, 2.75) is 31.9 Å². The maximum atomic E-state index is 12.3. The number of nitrogens with zero attached hydrogens (tertiary/aromatic N) is 1. The van der Waals surface area contributed by atoms with E-state index < -0.39 is 0 Å². The molecule has 6 nitrogen and oxygen atoms in total. The molecule has 0 bridgehead atoms. The van der Waals surface area contributed by atoms with Gasteiger partial charge in [0.15, 0.2) is 0 Å². The first-order chi connectivity index (χ1) is 12.7. The SMILES string of the molecule is C[C@@H]1OC=C(C(=O)NN)C2CC3c4[nH]c5ccccc5c4CCN3C[C@@H]21. The van der Waals surface area contributed by atoms with Gasteiger partial charge in [-0.1, -0.05) is 18.2 Å². The van der Waals surface area contributed by atoms with E-state index in [-0.39, 0.29) is 17.9 Å². The fraction of sp³-hybridized carbons (Fsp3) is 0.450. The van der Waals surface area contributed by atoms with Crippen molar-refractivity contribution in [1.82, 2.24) is 15.3 Å². The lowest BCUT2D eigenvalue weighted by Crippen LogP contribution is -2.52. The summed E-state index contributed by atoms with van der Waals surface area (Å²) < 4.78 is 5.77. The van der Waals surface area contributed by atoms with E-state index in [1.54, 1.807) is 6.26 Å². The number of rotatable bonds is 1. The standard InChI is InChI=1S/C20H24N4O2/c1-11-15-9-24-7-6-13-12-4-2-3-5-17(12)22-19(13)18(24)8-14(15)16(10-26-11)20(25)23-21/h2-5,10-11,14-15,18,22H,6-9,21H2,1H3,(H,23,25)/t11-,14?,15+,18?/m0/s1. The normalized spacial score (nSPS) is 30.6. The number of hydrogen-bond donors (Lipinski definition) is 3. The van der Waals surface area contributed by atoms with Gasteiger partial charge in [0, 0.05) is 41.5 Å². The van der Waals surface area contributed by atoms with Crippen molar-refractivity contribution in [1.29, 1.82) is 0 Å². The van der Waals surface area contributed by atoms with Gasteiger partial charge in [0.2, 0.25) is 0 Å². The molecule has 3 aliphatic rings. The molecule has 136 valence electrons. The summed E-state index contributed by atoms with van der Waals surface area (Å²) in [6.07, 6.45) is 3.71. The first-order valence-electron chi connectivity index (χ1n) is 9.37. The van der Waals surface area contributed by atoms with Crippen LogP contribution in [0.5, 0.6) is 0 Å². The first kappa shape index (κ1) is 15.9. The highest BCUT2D eigenvalue weighted by Gasteiger charge is 2.46. The van der Waals surface area contributed by atoms with E-state index in [1.807, 2.05) is 0 Å². The lowest BCUT2D eigenvalue weighted by molar-refractivity contribution is -0.120. The molecular formula is C20H24N4O2. The van der Waals surface area contributed by atoms with Crippen molar-refractivity contribution in [3.63, 3.8) is 0 Å². The van der Waals surface area contributed by atoms with Gasteiger partial charge < -0.3 is 9.72 Å². The molecule has 5 rings (SSSR count). The van der Waals surface area contributed by atoms with Gasteiger partial charge in [0.05, 0.1) is 24.0 Å². The zero-order chi connectivity index (χ0) is 17.8. The number of carbonyl (C=O) groups excluding carboxylic acids is 1. The fourth-order valence-electron chi connectivity index (χ4n) is 5.17. The summed E-state index contributed by atoms with van der Waals surface area (Å²) >= 11 is 0. The molecule has 4 heterocycles. The third-order valence-corrected chi connectivity index (χ3v) is 6.51. The monoisotopic (exact) mass is 352 g/mol. The highest BCUT2D eigenvalue weighted by molar-refractivity contribution is 5.93. The molecule has 2 aromatic rings. The topological polar surface area (TPSA) is 83.4 Å². The van der Waals surface area contributed by atoms with E-state index in [4.69, 9.17) is 10.6 Å². The maximum absolute atomic E-state index is 12.3. The second-order valence-electron chi connectivity index (χ2n) is 7.72. The third-order valence-electron chi connectivity index (χ3n) is 6.51. The smallest absolute Gasteiger partial charge is 0.264 e. The summed E-state index contributed by atoms with van der Waals surface area (Å²) in [7, 11) is 0. The molecule has 0 aliphatic carbocycles. The Kier molecular flexibility index (Phi) is 3.58. The number of benzene rings is 1. The van der Waals surface area contributed by atoms with Crippen LogP contribution in [0.4, 0.5) is 0 Å². The Morgan fingerprint density at radius 2 is 2.23 bits per heavy atom. The molecular weight excluding hydrogens is 328 g/mol. The van der Waals surface area contributed by atoms with Gasteiger partial charge in [-0.3, -0.25) is 15.1 Å². The van der Waals surface area contributed by atoms with Crippen molar-refractivity contribution in [3.8, 4) is 0 Å². The number of aromatic nitrogens is 1. The van der Waals surface area contributed by atoms with Gasteiger partial charge in [0.1, 0.15) is 0 Å². The lowest BCUT2D eigenvalue weighted by Gasteiger charge is -2.49. The van der Waals surface area contributed by atoms with Crippen LogP contribution in [0.25, 0.3) is 10.9 Å². The van der Waals surface area contributed by atoms with Crippen LogP contribution in [-0.4, -0.2) is 35.0 Å². The Morgan fingerprint density at radius 1 is 1.38 bits per heavy atom. The van der Waals surface area contributed by atoms with Crippen molar-refractivity contribution in [2.75, 3.05) is 13.1 Å². The van der Waals surface area contributed by atoms with Gasteiger partial charge in [-0.2, -0.15) is 0 Å². The summed E-state index contributed by atoms with van der Waals surface area (Å²) in [5.41, 5.74) is 6.93. The Balaban J connectivity index is 1.55. The molecule has 1 aromatic carbocycles. The average Bonchev–Trinajstić information content (AvgIpc) is 3.06. The van der Waals surface area contributed by atoms with Crippen LogP contribution in [0.1, 0.15) is 30.6 Å². The molecule has 0 saturated carbocycles. The van der Waals surface area contributed by atoms with Crippen molar-refractivity contribution < 1.29 is 9.53 Å². The Hall–Kier alpha value is -2.31. The molecule has 6 heteroatoms. The molecule has 0 spiro atoms. The predicted octanol–water partition coefficient (Wildman–Crippen LogP) is 2.00. The second kappa shape index (κ2) is 5.86. The van der Waals surface area contributed by atoms with Crippen molar-refractivity contribution >= 4 is 16.8 Å². The largest absolute Gasteiger partial charge is 0.497 e. The molecule has 26 heavy (non-hydrogen) atoms. The molecule has 1 saturated heterocycles. The number of hydrazine groups is 1. The number of amides is 1. The number of nitrogens with one attached hydrogen (secondary N) is 2. The van der Waals surface area contributed by atoms with E-state index in [9.17, 15) is 4.79 Å². The summed E-state index contributed by atoms with van der Waals surface area (Å²) in [6.45, 7) is 4.10. The van der Waals surface area contributed by atoms with Crippen LogP contribution in [0.15, 0.2) is 36.1 Å². The minimum Gasteiger partial charge on any atom is -0.497 e. The lowest BCUT2D eigenvalue weighted by atomic mass is 9.72. The molecule has 3 aliphatic heterocycles. The van der Waals surface area contributed by atoms with E-state index in [0.717, 1.165) is 25.9 Å². The Labute approximate surface area is 152 Å². The number of para-hydroxylation sites is 1. The summed E-state index contributed by atoms with van der Waals surface area (Å²) in [5.74, 6) is 5.66. The third kappa shape index (κ3) is 2.22. The molecule has 2 unspecified atom stereocenters. The van der Waals surface area contributed by atoms with E-state index in [0.29, 0.717) is 17.5 Å². The first-order valence-corrected chi connectivity index (χ1v) is 9.37. The number of aromatic amines is 1. The molecule has 4 N–H and O–H groups in total. The van der Waals surface area contributed by atoms with Gasteiger partial charge in [-0.25, -0.2) is 5.84 Å². The minimum atomic E-state index is -0.229. The van der Waals surface area contributed by atoms with Crippen LogP contribution < -0.4 is 11.3 Å². The quantitative estimate of drug-likeness (QED) is 0.416. The van der Waals surface area contributed by atoms with Gasteiger partial charge in [-0.05, 0) is 31.4 Å². The van der Waals surface area contributed by atoms with Crippen LogP contribution in [0.2, 0.25) is 0 Å².